The van der Waals surface area contributed by atoms with E-state index in [0.717, 1.165) is 34.0 Å². The molecule has 2 heterocycles. The number of carboxylic acid groups (broad SMARTS) is 1. The first-order valence-electron chi connectivity index (χ1n) is 6.15. The first-order valence-corrected chi connectivity index (χ1v) is 7.13. The van der Waals surface area contributed by atoms with E-state index in [2.05, 4.69) is 20.5 Å². The molecule has 8 heteroatoms. The predicted octanol–water partition coefficient (Wildman–Crippen LogP) is 1.70. The Balaban J connectivity index is 2.11. The lowest BCUT2D eigenvalue weighted by atomic mass is 10.2. The Morgan fingerprint density at radius 1 is 1.33 bits per heavy atom. The molecule has 1 N–H and O–H groups in total. The number of hydrogen-bond acceptors (Lipinski definition) is 6. The maximum absolute atomic E-state index is 10.7. The zero-order chi connectivity index (χ0) is 14.8. The van der Waals surface area contributed by atoms with Crippen molar-refractivity contribution in [2.45, 2.75) is 12.1 Å². The smallest absolute Gasteiger partial charge is 0.313 e. The summed E-state index contributed by atoms with van der Waals surface area (Å²) in [4.78, 5) is 15.2. The maximum Gasteiger partial charge on any atom is 0.313 e. The van der Waals surface area contributed by atoms with Crippen molar-refractivity contribution >= 4 is 28.6 Å². The zero-order valence-electron chi connectivity index (χ0n) is 11.1. The van der Waals surface area contributed by atoms with Gasteiger partial charge >= 0.3 is 5.97 Å². The van der Waals surface area contributed by atoms with Crippen molar-refractivity contribution in [3.8, 4) is 5.69 Å². The number of carbonyl (C=O) groups is 1. The van der Waals surface area contributed by atoms with Crippen LogP contribution < -0.4 is 0 Å². The number of benzene rings is 1. The molecule has 3 aromatic rings. The number of carboxylic acids is 1. The molecule has 0 saturated carbocycles. The molecule has 0 radical (unpaired) electrons. The van der Waals surface area contributed by atoms with Crippen molar-refractivity contribution in [2.24, 2.45) is 0 Å². The molecule has 0 unspecified atom stereocenters. The normalized spacial score (nSPS) is 10.9. The SMILES string of the molecule is Cc1ccc2cccc(-n3nnnc3SCC(=O)O)c2n1. The summed E-state index contributed by atoms with van der Waals surface area (Å²) in [5.74, 6) is -1.01. The molecule has 0 atom stereocenters. The van der Waals surface area contributed by atoms with Crippen LogP contribution >= 0.6 is 11.8 Å². The largest absolute Gasteiger partial charge is 0.481 e. The zero-order valence-corrected chi connectivity index (χ0v) is 11.9. The molecule has 106 valence electrons. The molecule has 7 nitrogen and oxygen atoms in total. The second kappa shape index (κ2) is 5.49. The van der Waals surface area contributed by atoms with Gasteiger partial charge in [0, 0.05) is 11.1 Å². The molecule has 0 spiro atoms. The number of aryl methyl sites for hydroxylation is 1. The first-order chi connectivity index (χ1) is 10.1. The standard InChI is InChI=1S/C13H11N5O2S/c1-8-5-6-9-3-2-4-10(12(9)14-8)18-13(15-16-17-18)21-7-11(19)20/h2-6H,7H2,1H3,(H,19,20). The highest BCUT2D eigenvalue weighted by Crippen LogP contribution is 2.24. The van der Waals surface area contributed by atoms with Crippen molar-refractivity contribution in [1.82, 2.24) is 25.2 Å². The number of fused-ring (bicyclic) bond motifs is 1. The van der Waals surface area contributed by atoms with Crippen LogP contribution in [0.1, 0.15) is 5.69 Å². The monoisotopic (exact) mass is 301 g/mol. The molecule has 0 saturated heterocycles. The topological polar surface area (TPSA) is 93.8 Å². The number of aliphatic carboxylic acids is 1. The summed E-state index contributed by atoms with van der Waals surface area (Å²) in [5, 5.41) is 21.6. The fraction of sp³-hybridized carbons (Fsp3) is 0.154. The molecule has 0 bridgehead atoms. The van der Waals surface area contributed by atoms with Crippen molar-refractivity contribution < 1.29 is 9.90 Å². The molecular formula is C13H11N5O2S. The predicted molar refractivity (Wildman–Crippen MR) is 77.6 cm³/mol. The van der Waals surface area contributed by atoms with Crippen molar-refractivity contribution in [3.63, 3.8) is 0 Å². The van der Waals surface area contributed by atoms with Gasteiger partial charge in [-0.15, -0.1) is 5.10 Å². The highest BCUT2D eigenvalue weighted by molar-refractivity contribution is 7.99. The molecule has 0 fully saturated rings. The van der Waals surface area contributed by atoms with E-state index in [1.165, 1.54) is 4.68 Å². The summed E-state index contributed by atoms with van der Waals surface area (Å²) >= 11 is 1.07. The molecular weight excluding hydrogens is 290 g/mol. The van der Waals surface area contributed by atoms with Crippen LogP contribution in [-0.4, -0.2) is 42.0 Å². The van der Waals surface area contributed by atoms with Crippen LogP contribution in [0.15, 0.2) is 35.5 Å². The summed E-state index contributed by atoms with van der Waals surface area (Å²) in [6, 6.07) is 9.62. The maximum atomic E-state index is 10.7. The summed E-state index contributed by atoms with van der Waals surface area (Å²) in [6.07, 6.45) is 0. The molecule has 0 amide bonds. The number of rotatable bonds is 4. The van der Waals surface area contributed by atoms with Gasteiger partial charge in [0.05, 0.1) is 17.0 Å². The highest BCUT2D eigenvalue weighted by Gasteiger charge is 2.13. The van der Waals surface area contributed by atoms with Gasteiger partial charge in [-0.1, -0.05) is 30.0 Å². The number of tetrazole rings is 1. The Hall–Kier alpha value is -2.48. The third-order valence-corrected chi connectivity index (χ3v) is 3.74. The highest BCUT2D eigenvalue weighted by atomic mass is 32.2. The first kappa shape index (κ1) is 13.5. The van der Waals surface area contributed by atoms with Gasteiger partial charge in [0.25, 0.3) is 0 Å². The van der Waals surface area contributed by atoms with E-state index in [4.69, 9.17) is 5.11 Å². The Labute approximate surface area is 124 Å². The van der Waals surface area contributed by atoms with Crippen LogP contribution in [-0.2, 0) is 4.79 Å². The molecule has 2 aromatic heterocycles. The third-order valence-electron chi connectivity index (χ3n) is 2.83. The van der Waals surface area contributed by atoms with E-state index in [1.807, 2.05) is 37.3 Å². The van der Waals surface area contributed by atoms with Gasteiger partial charge in [-0.3, -0.25) is 9.78 Å². The van der Waals surface area contributed by atoms with Crippen LogP contribution in [0.5, 0.6) is 0 Å². The number of thioether (sulfide) groups is 1. The number of hydrogen-bond donors (Lipinski definition) is 1. The fourth-order valence-electron chi connectivity index (χ4n) is 1.95. The minimum Gasteiger partial charge on any atom is -0.481 e. The van der Waals surface area contributed by atoms with Gasteiger partial charge < -0.3 is 5.11 Å². The average molecular weight is 301 g/mol. The van der Waals surface area contributed by atoms with E-state index in [9.17, 15) is 4.79 Å². The number of nitrogens with zero attached hydrogens (tertiary/aromatic N) is 5. The quantitative estimate of drug-likeness (QED) is 0.733. The van der Waals surface area contributed by atoms with E-state index in [0.29, 0.717) is 5.16 Å². The van der Waals surface area contributed by atoms with Crippen LogP contribution in [0.25, 0.3) is 16.6 Å². The fourth-order valence-corrected chi connectivity index (χ4v) is 2.55. The van der Waals surface area contributed by atoms with Crippen molar-refractivity contribution in [2.75, 3.05) is 5.75 Å². The number of pyridine rings is 1. The third kappa shape index (κ3) is 2.70. The van der Waals surface area contributed by atoms with Gasteiger partial charge in [-0.25, -0.2) is 0 Å². The summed E-state index contributed by atoms with van der Waals surface area (Å²) in [5.41, 5.74) is 2.40. The molecule has 0 aliphatic rings. The molecule has 0 aliphatic heterocycles. The number of para-hydroxylation sites is 1. The van der Waals surface area contributed by atoms with E-state index >= 15 is 0 Å². The van der Waals surface area contributed by atoms with Gasteiger partial charge in [0.1, 0.15) is 0 Å². The van der Waals surface area contributed by atoms with Crippen LogP contribution in [0.3, 0.4) is 0 Å². The Morgan fingerprint density at radius 3 is 3.00 bits per heavy atom. The average Bonchev–Trinajstić information content (AvgIpc) is 2.92. The minimum absolute atomic E-state index is 0.0996. The van der Waals surface area contributed by atoms with Crippen molar-refractivity contribution in [1.29, 1.82) is 0 Å². The number of aromatic nitrogens is 5. The van der Waals surface area contributed by atoms with E-state index < -0.39 is 5.97 Å². The second-order valence-corrected chi connectivity index (χ2v) is 5.30. The van der Waals surface area contributed by atoms with E-state index in [1.54, 1.807) is 0 Å². The lowest BCUT2D eigenvalue weighted by Crippen LogP contribution is -2.04. The van der Waals surface area contributed by atoms with Crippen LogP contribution in [0, 0.1) is 6.92 Å². The van der Waals surface area contributed by atoms with Crippen LogP contribution in [0.2, 0.25) is 0 Å². The summed E-state index contributed by atoms with van der Waals surface area (Å²) < 4.78 is 1.52. The molecule has 3 rings (SSSR count). The second-order valence-electron chi connectivity index (χ2n) is 4.36. The minimum atomic E-state index is -0.915. The Kier molecular flexibility index (Phi) is 3.53. The lowest BCUT2D eigenvalue weighted by molar-refractivity contribution is -0.133. The van der Waals surface area contributed by atoms with Crippen LogP contribution in [0.4, 0.5) is 0 Å². The Morgan fingerprint density at radius 2 is 2.19 bits per heavy atom. The summed E-state index contributed by atoms with van der Waals surface area (Å²) in [7, 11) is 0. The molecule has 21 heavy (non-hydrogen) atoms. The van der Waals surface area contributed by atoms with Gasteiger partial charge in [-0.2, -0.15) is 4.68 Å². The van der Waals surface area contributed by atoms with Gasteiger partial charge in [-0.05, 0) is 29.5 Å². The Bertz CT molecular complexity index is 817. The van der Waals surface area contributed by atoms with Crippen molar-refractivity contribution in [3.05, 3.63) is 36.0 Å². The van der Waals surface area contributed by atoms with Gasteiger partial charge in [0.2, 0.25) is 5.16 Å². The summed E-state index contributed by atoms with van der Waals surface area (Å²) in [6.45, 7) is 1.91. The molecule has 1 aromatic carbocycles. The lowest BCUT2D eigenvalue weighted by Gasteiger charge is -2.07. The van der Waals surface area contributed by atoms with Gasteiger partial charge in [0.15, 0.2) is 0 Å². The molecule has 0 aliphatic carbocycles. The van der Waals surface area contributed by atoms with E-state index in [-0.39, 0.29) is 5.75 Å².